The van der Waals surface area contributed by atoms with Crippen LogP contribution in [-0.4, -0.2) is 14.5 Å². The molecule has 17 heavy (non-hydrogen) atoms. The van der Waals surface area contributed by atoms with Gasteiger partial charge >= 0.3 is 10.1 Å². The van der Waals surface area contributed by atoms with Gasteiger partial charge in [-0.25, -0.2) is 4.89 Å². The average molecular weight is 256 g/mol. The first-order chi connectivity index (χ1) is 8.18. The SMILES string of the molecule is O=S(=O)(OOC1CCCCC1)c1ccccc1. The van der Waals surface area contributed by atoms with E-state index < -0.39 is 10.1 Å². The Kier molecular flexibility index (Phi) is 4.15. The number of rotatable bonds is 4. The fourth-order valence-electron chi connectivity index (χ4n) is 1.90. The van der Waals surface area contributed by atoms with Crippen molar-refractivity contribution in [3.63, 3.8) is 0 Å². The molecule has 0 atom stereocenters. The second-order valence-corrected chi connectivity index (χ2v) is 5.71. The Morgan fingerprint density at radius 2 is 1.65 bits per heavy atom. The summed E-state index contributed by atoms with van der Waals surface area (Å²) < 4.78 is 28.1. The average Bonchev–Trinajstić information content (AvgIpc) is 2.39. The van der Waals surface area contributed by atoms with Crippen LogP contribution in [0.2, 0.25) is 0 Å². The molecule has 5 heteroatoms. The number of hydrogen-bond donors (Lipinski definition) is 0. The van der Waals surface area contributed by atoms with Gasteiger partial charge in [-0.15, -0.1) is 4.33 Å². The van der Waals surface area contributed by atoms with Crippen molar-refractivity contribution in [3.8, 4) is 0 Å². The molecule has 0 spiro atoms. The molecule has 0 bridgehead atoms. The molecule has 1 aromatic carbocycles. The van der Waals surface area contributed by atoms with Gasteiger partial charge in [0.2, 0.25) is 0 Å². The number of hydrogen-bond acceptors (Lipinski definition) is 4. The zero-order valence-electron chi connectivity index (χ0n) is 9.54. The lowest BCUT2D eigenvalue weighted by Crippen LogP contribution is -2.19. The van der Waals surface area contributed by atoms with Gasteiger partial charge in [0.15, 0.2) is 0 Å². The summed E-state index contributed by atoms with van der Waals surface area (Å²) >= 11 is 0. The molecule has 94 valence electrons. The maximum Gasteiger partial charge on any atom is 0.323 e. The lowest BCUT2D eigenvalue weighted by atomic mass is 9.98. The summed E-state index contributed by atoms with van der Waals surface area (Å²) in [7, 11) is -3.78. The maximum atomic E-state index is 11.7. The predicted octanol–water partition coefficient (Wildman–Crippen LogP) is 2.66. The molecule has 1 aliphatic rings. The summed E-state index contributed by atoms with van der Waals surface area (Å²) in [5.74, 6) is 0. The first kappa shape index (κ1) is 12.5. The van der Waals surface area contributed by atoms with Gasteiger partial charge in [0.25, 0.3) is 0 Å². The van der Waals surface area contributed by atoms with Gasteiger partial charge in [0.05, 0.1) is 11.0 Å². The summed E-state index contributed by atoms with van der Waals surface area (Å²) in [5, 5.41) is 0. The highest BCUT2D eigenvalue weighted by molar-refractivity contribution is 7.86. The standard InChI is InChI=1S/C12H16O4S/c13-17(14,12-9-5-2-6-10-12)16-15-11-7-3-1-4-8-11/h2,5-6,9-11H,1,3-4,7-8H2. The van der Waals surface area contributed by atoms with Crippen LogP contribution in [-0.2, 0) is 19.3 Å². The molecule has 1 saturated carbocycles. The highest BCUT2D eigenvalue weighted by atomic mass is 32.2. The van der Waals surface area contributed by atoms with Gasteiger partial charge < -0.3 is 0 Å². The van der Waals surface area contributed by atoms with Crippen LogP contribution in [0.4, 0.5) is 0 Å². The topological polar surface area (TPSA) is 52.6 Å². The Hall–Kier alpha value is -0.910. The van der Waals surface area contributed by atoms with Crippen molar-refractivity contribution in [2.24, 2.45) is 0 Å². The second kappa shape index (κ2) is 5.62. The molecule has 0 unspecified atom stereocenters. The quantitative estimate of drug-likeness (QED) is 0.614. The minimum absolute atomic E-state index is 0.0952. The Balaban J connectivity index is 1.94. The van der Waals surface area contributed by atoms with Crippen LogP contribution in [0.5, 0.6) is 0 Å². The Morgan fingerprint density at radius 1 is 1.00 bits per heavy atom. The van der Waals surface area contributed by atoms with Gasteiger partial charge in [-0.2, -0.15) is 8.42 Å². The summed E-state index contributed by atoms with van der Waals surface area (Å²) in [6.07, 6.45) is 4.96. The second-order valence-electron chi connectivity index (χ2n) is 4.19. The maximum absolute atomic E-state index is 11.7. The smallest absolute Gasteiger partial charge is 0.216 e. The van der Waals surface area contributed by atoms with E-state index in [-0.39, 0.29) is 11.0 Å². The van der Waals surface area contributed by atoms with Crippen molar-refractivity contribution < 1.29 is 17.6 Å². The Labute approximate surface area is 102 Å². The van der Waals surface area contributed by atoms with Crippen molar-refractivity contribution in [1.82, 2.24) is 0 Å². The van der Waals surface area contributed by atoms with Gasteiger partial charge in [0.1, 0.15) is 0 Å². The third kappa shape index (κ3) is 3.52. The highest BCUT2D eigenvalue weighted by Gasteiger charge is 2.21. The molecule has 1 fully saturated rings. The van der Waals surface area contributed by atoms with E-state index in [1.165, 1.54) is 18.6 Å². The van der Waals surface area contributed by atoms with Crippen LogP contribution in [0.3, 0.4) is 0 Å². The van der Waals surface area contributed by atoms with Crippen molar-refractivity contribution in [3.05, 3.63) is 30.3 Å². The van der Waals surface area contributed by atoms with E-state index in [0.717, 1.165) is 25.7 Å². The molecule has 0 aromatic heterocycles. The molecule has 1 aliphatic carbocycles. The minimum Gasteiger partial charge on any atom is -0.216 e. The monoisotopic (exact) mass is 256 g/mol. The van der Waals surface area contributed by atoms with E-state index in [1.807, 2.05) is 0 Å². The van der Waals surface area contributed by atoms with E-state index in [9.17, 15) is 8.42 Å². The van der Waals surface area contributed by atoms with Gasteiger partial charge in [-0.1, -0.05) is 37.5 Å². The number of benzene rings is 1. The minimum atomic E-state index is -3.78. The van der Waals surface area contributed by atoms with Crippen LogP contribution in [0, 0.1) is 0 Å². The van der Waals surface area contributed by atoms with E-state index in [0.29, 0.717) is 0 Å². The van der Waals surface area contributed by atoms with Crippen molar-refractivity contribution >= 4 is 10.1 Å². The molecule has 4 nitrogen and oxygen atoms in total. The van der Waals surface area contributed by atoms with Crippen molar-refractivity contribution in [2.75, 3.05) is 0 Å². The summed E-state index contributed by atoms with van der Waals surface area (Å²) in [6.45, 7) is 0. The van der Waals surface area contributed by atoms with Crippen LogP contribution < -0.4 is 0 Å². The first-order valence-corrected chi connectivity index (χ1v) is 7.24. The fraction of sp³-hybridized carbons (Fsp3) is 0.500. The molecule has 0 N–H and O–H groups in total. The van der Waals surface area contributed by atoms with Crippen LogP contribution in [0.1, 0.15) is 32.1 Å². The van der Waals surface area contributed by atoms with Crippen molar-refractivity contribution in [2.45, 2.75) is 43.1 Å². The highest BCUT2D eigenvalue weighted by Crippen LogP contribution is 2.22. The Morgan fingerprint density at radius 3 is 2.29 bits per heavy atom. The van der Waals surface area contributed by atoms with Gasteiger partial charge in [-0.3, -0.25) is 0 Å². The zero-order chi connectivity index (χ0) is 12.1. The molecule has 0 saturated heterocycles. The normalized spacial score (nSPS) is 18.1. The third-order valence-corrected chi connectivity index (χ3v) is 3.96. The van der Waals surface area contributed by atoms with Crippen molar-refractivity contribution in [1.29, 1.82) is 0 Å². The lowest BCUT2D eigenvalue weighted by Gasteiger charge is -2.19. The van der Waals surface area contributed by atoms with Gasteiger partial charge in [0, 0.05) is 0 Å². The molecular formula is C12H16O4S. The fourth-order valence-corrected chi connectivity index (χ4v) is 2.68. The van der Waals surface area contributed by atoms with Crippen LogP contribution >= 0.6 is 0 Å². The van der Waals surface area contributed by atoms with E-state index >= 15 is 0 Å². The third-order valence-electron chi connectivity index (χ3n) is 2.85. The summed E-state index contributed by atoms with van der Waals surface area (Å²) in [4.78, 5) is 5.14. The lowest BCUT2D eigenvalue weighted by molar-refractivity contribution is -0.246. The van der Waals surface area contributed by atoms with E-state index in [1.54, 1.807) is 18.2 Å². The molecule has 2 rings (SSSR count). The Bertz CT molecular complexity index is 435. The summed E-state index contributed by atoms with van der Waals surface area (Å²) in [6, 6.07) is 8.02. The molecule has 0 aliphatic heterocycles. The first-order valence-electron chi connectivity index (χ1n) is 5.83. The zero-order valence-corrected chi connectivity index (χ0v) is 10.4. The van der Waals surface area contributed by atoms with E-state index in [4.69, 9.17) is 4.89 Å². The molecule has 0 radical (unpaired) electrons. The summed E-state index contributed by atoms with van der Waals surface area (Å²) in [5.41, 5.74) is 0. The molecule has 0 amide bonds. The van der Waals surface area contributed by atoms with Crippen LogP contribution in [0.15, 0.2) is 35.2 Å². The largest absolute Gasteiger partial charge is 0.323 e. The predicted molar refractivity (Wildman–Crippen MR) is 62.7 cm³/mol. The molecule has 1 aromatic rings. The van der Waals surface area contributed by atoms with E-state index in [2.05, 4.69) is 4.33 Å². The van der Waals surface area contributed by atoms with Gasteiger partial charge in [-0.05, 0) is 25.0 Å². The molecule has 0 heterocycles. The van der Waals surface area contributed by atoms with Crippen LogP contribution in [0.25, 0.3) is 0 Å². The molecular weight excluding hydrogens is 240 g/mol.